The van der Waals surface area contributed by atoms with Crippen molar-refractivity contribution in [3.63, 3.8) is 0 Å². The summed E-state index contributed by atoms with van der Waals surface area (Å²) < 4.78 is 0. The molecule has 0 saturated carbocycles. The summed E-state index contributed by atoms with van der Waals surface area (Å²) in [6.07, 6.45) is 0.898. The maximum absolute atomic E-state index is 4.35. The molecule has 0 spiro atoms. The average Bonchev–Trinajstić information content (AvgIpc) is 2.47. The summed E-state index contributed by atoms with van der Waals surface area (Å²) in [5, 5.41) is 0. The fraction of sp³-hybridized carbons (Fsp3) is 0.444. The van der Waals surface area contributed by atoms with Gasteiger partial charge in [0, 0.05) is 6.42 Å². The molecule has 0 bridgehead atoms. The van der Waals surface area contributed by atoms with Crippen LogP contribution < -0.4 is 0 Å². The van der Waals surface area contributed by atoms with E-state index in [0.717, 1.165) is 34.9 Å². The molecule has 0 aliphatic carbocycles. The quantitative estimate of drug-likeness (QED) is 0.716. The van der Waals surface area contributed by atoms with Crippen LogP contribution in [0.1, 0.15) is 24.3 Å². The summed E-state index contributed by atoms with van der Waals surface area (Å²) >= 11 is 0. The largest absolute Gasteiger partial charge is 0.339 e. The van der Waals surface area contributed by atoms with E-state index in [2.05, 4.69) is 26.9 Å². The van der Waals surface area contributed by atoms with E-state index in [0.29, 0.717) is 0 Å². The number of hydrogen-bond donors (Lipinski definition) is 1. The number of aryl methyl sites for hydroxylation is 3. The zero-order valence-electron chi connectivity index (χ0n) is 8.05. The second-order valence-corrected chi connectivity index (χ2v) is 3.09. The summed E-state index contributed by atoms with van der Waals surface area (Å²) in [7, 11) is 0. The summed E-state index contributed by atoms with van der Waals surface area (Å²) in [6.45, 7) is 5.91. The van der Waals surface area contributed by atoms with Crippen molar-refractivity contribution in [3.05, 3.63) is 17.3 Å². The first kappa shape index (κ1) is 8.16. The number of nitrogens with one attached hydrogen (secondary N) is 1. The fourth-order valence-corrected chi connectivity index (χ4v) is 1.39. The third kappa shape index (κ3) is 1.28. The molecule has 0 amide bonds. The minimum absolute atomic E-state index is 0.777. The Morgan fingerprint density at radius 1 is 1.15 bits per heavy atom. The van der Waals surface area contributed by atoms with E-state index in [-0.39, 0.29) is 0 Å². The Hall–Kier alpha value is -1.45. The van der Waals surface area contributed by atoms with Crippen molar-refractivity contribution in [1.29, 1.82) is 0 Å². The maximum Gasteiger partial charge on any atom is 0.181 e. The number of imidazole rings is 1. The van der Waals surface area contributed by atoms with Crippen LogP contribution in [0.3, 0.4) is 0 Å². The van der Waals surface area contributed by atoms with Gasteiger partial charge in [-0.25, -0.2) is 15.0 Å². The van der Waals surface area contributed by atoms with Crippen molar-refractivity contribution in [2.45, 2.75) is 27.2 Å². The highest BCUT2D eigenvalue weighted by molar-refractivity contribution is 5.72. The Labute approximate surface area is 76.4 Å². The van der Waals surface area contributed by atoms with Gasteiger partial charge in [0.15, 0.2) is 5.65 Å². The molecule has 4 heteroatoms. The Morgan fingerprint density at radius 2 is 1.92 bits per heavy atom. The van der Waals surface area contributed by atoms with Gasteiger partial charge in [0.05, 0.1) is 5.69 Å². The predicted molar refractivity (Wildman–Crippen MR) is 50.5 cm³/mol. The van der Waals surface area contributed by atoms with E-state index in [1.54, 1.807) is 0 Å². The van der Waals surface area contributed by atoms with Gasteiger partial charge in [-0.15, -0.1) is 0 Å². The third-order valence-electron chi connectivity index (χ3n) is 2.03. The van der Waals surface area contributed by atoms with E-state index >= 15 is 0 Å². The van der Waals surface area contributed by atoms with Crippen LogP contribution in [0.15, 0.2) is 0 Å². The van der Waals surface area contributed by atoms with E-state index in [1.165, 1.54) is 0 Å². The molecule has 0 radical (unpaired) electrons. The van der Waals surface area contributed by atoms with Gasteiger partial charge >= 0.3 is 0 Å². The third-order valence-corrected chi connectivity index (χ3v) is 2.03. The first-order valence-corrected chi connectivity index (χ1v) is 4.40. The minimum atomic E-state index is 0.777. The molecule has 0 aliphatic heterocycles. The molecule has 1 N–H and O–H groups in total. The van der Waals surface area contributed by atoms with Gasteiger partial charge in [0.2, 0.25) is 0 Å². The Morgan fingerprint density at radius 3 is 2.62 bits per heavy atom. The monoisotopic (exact) mass is 176 g/mol. The molecule has 0 atom stereocenters. The van der Waals surface area contributed by atoms with Gasteiger partial charge in [-0.2, -0.15) is 0 Å². The van der Waals surface area contributed by atoms with Gasteiger partial charge in [-0.3, -0.25) is 0 Å². The van der Waals surface area contributed by atoms with Crippen LogP contribution in [0.4, 0.5) is 0 Å². The van der Waals surface area contributed by atoms with Gasteiger partial charge in [-0.05, 0) is 13.8 Å². The lowest BCUT2D eigenvalue weighted by molar-refractivity contribution is 0.996. The lowest BCUT2D eigenvalue weighted by Crippen LogP contribution is -1.91. The van der Waals surface area contributed by atoms with Crippen molar-refractivity contribution in [3.8, 4) is 0 Å². The summed E-state index contributed by atoms with van der Waals surface area (Å²) in [5.41, 5.74) is 2.71. The molecule has 2 heterocycles. The highest BCUT2D eigenvalue weighted by Crippen LogP contribution is 2.12. The highest BCUT2D eigenvalue weighted by atomic mass is 15.0. The number of aromatic nitrogens is 4. The number of H-pyrrole nitrogens is 1. The van der Waals surface area contributed by atoms with Crippen LogP contribution in [0.25, 0.3) is 11.2 Å². The molecule has 68 valence electrons. The van der Waals surface area contributed by atoms with Crippen LogP contribution >= 0.6 is 0 Å². The predicted octanol–water partition coefficient (Wildman–Crippen LogP) is 1.53. The molecule has 2 aromatic heterocycles. The summed E-state index contributed by atoms with van der Waals surface area (Å²) in [6, 6.07) is 0. The van der Waals surface area contributed by atoms with Crippen LogP contribution in [-0.2, 0) is 6.42 Å². The summed E-state index contributed by atoms with van der Waals surface area (Å²) in [4.78, 5) is 16.1. The number of hydrogen-bond acceptors (Lipinski definition) is 3. The Balaban J connectivity index is 2.75. The topological polar surface area (TPSA) is 54.5 Å². The number of fused-ring (bicyclic) bond motifs is 1. The van der Waals surface area contributed by atoms with Crippen molar-refractivity contribution >= 4 is 11.2 Å². The van der Waals surface area contributed by atoms with Crippen molar-refractivity contribution in [2.24, 2.45) is 0 Å². The fourth-order valence-electron chi connectivity index (χ4n) is 1.39. The second kappa shape index (κ2) is 2.80. The molecule has 2 rings (SSSR count). The van der Waals surface area contributed by atoms with Crippen LogP contribution in [0, 0.1) is 13.8 Å². The zero-order valence-corrected chi connectivity index (χ0v) is 8.05. The molecule has 0 aromatic carbocycles. The standard InChI is InChI=1S/C9H12N4/c1-4-7-12-8-5(2)10-6(3)11-9(8)13-7/h4H2,1-3H3,(H,10,11,12,13). The molecule has 0 saturated heterocycles. The average molecular weight is 176 g/mol. The van der Waals surface area contributed by atoms with Gasteiger partial charge < -0.3 is 4.98 Å². The Kier molecular flexibility index (Phi) is 1.76. The Bertz CT molecular complexity index is 444. The van der Waals surface area contributed by atoms with Gasteiger partial charge in [0.25, 0.3) is 0 Å². The highest BCUT2D eigenvalue weighted by Gasteiger charge is 2.06. The van der Waals surface area contributed by atoms with Gasteiger partial charge in [-0.1, -0.05) is 6.92 Å². The lowest BCUT2D eigenvalue weighted by atomic mass is 10.4. The van der Waals surface area contributed by atoms with Crippen LogP contribution in [-0.4, -0.2) is 19.9 Å². The maximum atomic E-state index is 4.35. The molecule has 0 aliphatic rings. The molecular formula is C9H12N4. The number of aromatic amines is 1. The van der Waals surface area contributed by atoms with Gasteiger partial charge in [0.1, 0.15) is 17.2 Å². The molecular weight excluding hydrogens is 164 g/mol. The van der Waals surface area contributed by atoms with E-state index in [1.807, 2.05) is 13.8 Å². The molecule has 4 nitrogen and oxygen atoms in total. The van der Waals surface area contributed by atoms with Crippen LogP contribution in [0.5, 0.6) is 0 Å². The van der Waals surface area contributed by atoms with E-state index in [9.17, 15) is 0 Å². The smallest absolute Gasteiger partial charge is 0.181 e. The molecule has 13 heavy (non-hydrogen) atoms. The SMILES string of the molecule is CCc1nc2nc(C)nc(C)c2[nH]1. The first-order chi connectivity index (χ1) is 6.20. The van der Waals surface area contributed by atoms with Crippen molar-refractivity contribution in [2.75, 3.05) is 0 Å². The van der Waals surface area contributed by atoms with Crippen molar-refractivity contribution in [1.82, 2.24) is 19.9 Å². The molecule has 0 unspecified atom stereocenters. The molecule has 2 aromatic rings. The normalized spacial score (nSPS) is 11.0. The number of nitrogens with zero attached hydrogens (tertiary/aromatic N) is 3. The first-order valence-electron chi connectivity index (χ1n) is 4.40. The minimum Gasteiger partial charge on any atom is -0.339 e. The number of rotatable bonds is 1. The zero-order chi connectivity index (χ0) is 9.42. The summed E-state index contributed by atoms with van der Waals surface area (Å²) in [5.74, 6) is 1.75. The van der Waals surface area contributed by atoms with Crippen molar-refractivity contribution < 1.29 is 0 Å². The van der Waals surface area contributed by atoms with E-state index in [4.69, 9.17) is 0 Å². The van der Waals surface area contributed by atoms with E-state index < -0.39 is 0 Å². The molecule has 0 fully saturated rings. The lowest BCUT2D eigenvalue weighted by Gasteiger charge is -1.94. The van der Waals surface area contributed by atoms with Crippen LogP contribution in [0.2, 0.25) is 0 Å². The second-order valence-electron chi connectivity index (χ2n) is 3.09.